The van der Waals surface area contributed by atoms with Crippen LogP contribution in [0.15, 0.2) is 12.2 Å². The highest BCUT2D eigenvalue weighted by Crippen LogP contribution is 2.40. The first-order chi connectivity index (χ1) is 7.91. The largest absolute Gasteiger partial charge is 0.466 e. The smallest absolute Gasteiger partial charge is 0.302 e. The first kappa shape index (κ1) is 14.3. The van der Waals surface area contributed by atoms with E-state index < -0.39 is 0 Å². The average molecular weight is 238 g/mol. The van der Waals surface area contributed by atoms with Gasteiger partial charge in [0.2, 0.25) is 0 Å². The summed E-state index contributed by atoms with van der Waals surface area (Å²) in [7, 11) is 0. The summed E-state index contributed by atoms with van der Waals surface area (Å²) in [6, 6.07) is 0. The lowest BCUT2D eigenvalue weighted by Crippen LogP contribution is -2.31. The van der Waals surface area contributed by atoms with E-state index in [2.05, 4.69) is 27.4 Å². The van der Waals surface area contributed by atoms with Crippen LogP contribution in [0.2, 0.25) is 0 Å². The van der Waals surface area contributed by atoms with E-state index in [4.69, 9.17) is 4.74 Å². The zero-order valence-corrected chi connectivity index (χ0v) is 11.7. The van der Waals surface area contributed by atoms with Gasteiger partial charge in [0, 0.05) is 6.92 Å². The summed E-state index contributed by atoms with van der Waals surface area (Å²) in [5.41, 5.74) is 1.31. The Morgan fingerprint density at radius 3 is 2.59 bits per heavy atom. The molecule has 2 heteroatoms. The molecule has 1 aliphatic rings. The molecule has 2 nitrogen and oxygen atoms in total. The molecule has 1 rings (SSSR count). The van der Waals surface area contributed by atoms with Gasteiger partial charge in [0.15, 0.2) is 0 Å². The summed E-state index contributed by atoms with van der Waals surface area (Å²) >= 11 is 0. The summed E-state index contributed by atoms with van der Waals surface area (Å²) in [5.74, 6) is 2.34. The van der Waals surface area contributed by atoms with E-state index in [9.17, 15) is 4.79 Å². The van der Waals surface area contributed by atoms with Crippen molar-refractivity contribution in [2.75, 3.05) is 6.61 Å². The van der Waals surface area contributed by atoms with E-state index >= 15 is 0 Å². The Morgan fingerprint density at radius 2 is 2.06 bits per heavy atom. The van der Waals surface area contributed by atoms with Crippen molar-refractivity contribution in [3.8, 4) is 0 Å². The number of carbonyl (C=O) groups excluding carboxylic acids is 1. The van der Waals surface area contributed by atoms with Crippen molar-refractivity contribution in [3.63, 3.8) is 0 Å². The van der Waals surface area contributed by atoms with Crippen LogP contribution in [0.3, 0.4) is 0 Å². The first-order valence-corrected chi connectivity index (χ1v) is 6.70. The second-order valence-electron chi connectivity index (χ2n) is 5.78. The lowest BCUT2D eigenvalue weighted by atomic mass is 9.68. The fourth-order valence-electron chi connectivity index (χ4n) is 2.97. The summed E-state index contributed by atoms with van der Waals surface area (Å²) in [4.78, 5) is 10.8. The van der Waals surface area contributed by atoms with Gasteiger partial charge in [-0.1, -0.05) is 26.0 Å². The minimum Gasteiger partial charge on any atom is -0.466 e. The molecule has 0 spiro atoms. The van der Waals surface area contributed by atoms with Gasteiger partial charge in [0.05, 0.1) is 6.61 Å². The molecule has 1 fully saturated rings. The Morgan fingerprint density at radius 1 is 1.41 bits per heavy atom. The highest BCUT2D eigenvalue weighted by atomic mass is 16.5. The molecule has 1 aliphatic carbocycles. The normalized spacial score (nSPS) is 30.7. The van der Waals surface area contributed by atoms with E-state index in [0.29, 0.717) is 24.4 Å². The zero-order valence-electron chi connectivity index (χ0n) is 11.7. The van der Waals surface area contributed by atoms with Crippen LogP contribution in [-0.2, 0) is 9.53 Å². The van der Waals surface area contributed by atoms with Crippen LogP contribution in [0.1, 0.15) is 47.0 Å². The molecule has 0 radical (unpaired) electrons. The van der Waals surface area contributed by atoms with Gasteiger partial charge < -0.3 is 4.74 Å². The van der Waals surface area contributed by atoms with Crippen LogP contribution in [0, 0.1) is 23.7 Å². The lowest BCUT2D eigenvalue weighted by Gasteiger charge is -2.38. The van der Waals surface area contributed by atoms with Crippen LogP contribution in [0.5, 0.6) is 0 Å². The van der Waals surface area contributed by atoms with Crippen molar-refractivity contribution in [1.29, 1.82) is 0 Å². The molecule has 0 N–H and O–H groups in total. The number of carbonyl (C=O) groups is 1. The zero-order chi connectivity index (χ0) is 13.0. The number of hydrogen-bond donors (Lipinski definition) is 0. The van der Waals surface area contributed by atoms with Crippen LogP contribution in [0.4, 0.5) is 0 Å². The molecule has 0 aromatic carbocycles. The van der Waals surface area contributed by atoms with E-state index in [1.165, 1.54) is 31.8 Å². The Kier molecular flexibility index (Phi) is 5.23. The fourth-order valence-corrected chi connectivity index (χ4v) is 2.97. The molecule has 0 saturated heterocycles. The van der Waals surface area contributed by atoms with Crippen LogP contribution in [-0.4, -0.2) is 12.6 Å². The summed E-state index contributed by atoms with van der Waals surface area (Å²) < 4.78 is 5.14. The van der Waals surface area contributed by atoms with Crippen LogP contribution in [0.25, 0.3) is 0 Å². The van der Waals surface area contributed by atoms with Crippen molar-refractivity contribution in [3.05, 3.63) is 12.2 Å². The molecule has 98 valence electrons. The van der Waals surface area contributed by atoms with Crippen LogP contribution >= 0.6 is 0 Å². The van der Waals surface area contributed by atoms with E-state index in [0.717, 1.165) is 5.92 Å². The van der Waals surface area contributed by atoms with Gasteiger partial charge in [-0.2, -0.15) is 0 Å². The topological polar surface area (TPSA) is 26.3 Å². The lowest BCUT2D eigenvalue weighted by molar-refractivity contribution is -0.143. The summed E-state index contributed by atoms with van der Waals surface area (Å²) in [5, 5.41) is 0. The van der Waals surface area contributed by atoms with Gasteiger partial charge in [0.1, 0.15) is 0 Å². The van der Waals surface area contributed by atoms with Crippen molar-refractivity contribution >= 4 is 5.97 Å². The summed E-state index contributed by atoms with van der Waals surface area (Å²) in [6.45, 7) is 12.8. The molecular formula is C15H26O2. The molecule has 0 bridgehead atoms. The molecule has 1 saturated carbocycles. The molecule has 4 atom stereocenters. The molecule has 0 aromatic heterocycles. The third-order valence-corrected chi connectivity index (χ3v) is 4.24. The van der Waals surface area contributed by atoms with Crippen molar-refractivity contribution in [1.82, 2.24) is 0 Å². The highest BCUT2D eigenvalue weighted by molar-refractivity contribution is 5.65. The van der Waals surface area contributed by atoms with Gasteiger partial charge in [-0.05, 0) is 49.9 Å². The van der Waals surface area contributed by atoms with Gasteiger partial charge in [-0.25, -0.2) is 0 Å². The average Bonchev–Trinajstić information content (AvgIpc) is 2.26. The Hall–Kier alpha value is -0.790. The first-order valence-electron chi connectivity index (χ1n) is 6.70. The Bertz CT molecular complexity index is 283. The van der Waals surface area contributed by atoms with Gasteiger partial charge in [-0.15, -0.1) is 0 Å². The van der Waals surface area contributed by atoms with Crippen LogP contribution < -0.4 is 0 Å². The van der Waals surface area contributed by atoms with Crippen molar-refractivity contribution in [2.24, 2.45) is 23.7 Å². The maximum atomic E-state index is 10.8. The predicted octanol–water partition coefficient (Wildman–Crippen LogP) is 3.81. The Labute approximate surface area is 105 Å². The quantitative estimate of drug-likeness (QED) is 0.550. The minimum absolute atomic E-state index is 0.170. The number of esters is 1. The third-order valence-electron chi connectivity index (χ3n) is 4.24. The second kappa shape index (κ2) is 6.23. The van der Waals surface area contributed by atoms with E-state index in [1.807, 2.05) is 0 Å². The molecule has 2 unspecified atom stereocenters. The van der Waals surface area contributed by atoms with Gasteiger partial charge in [-0.3, -0.25) is 4.79 Å². The van der Waals surface area contributed by atoms with Gasteiger partial charge >= 0.3 is 5.97 Å². The highest BCUT2D eigenvalue weighted by Gasteiger charge is 2.31. The maximum Gasteiger partial charge on any atom is 0.302 e. The minimum atomic E-state index is -0.170. The third kappa shape index (κ3) is 4.18. The maximum absolute atomic E-state index is 10.8. The van der Waals surface area contributed by atoms with Crippen molar-refractivity contribution in [2.45, 2.75) is 47.0 Å². The van der Waals surface area contributed by atoms with Crippen molar-refractivity contribution < 1.29 is 9.53 Å². The summed E-state index contributed by atoms with van der Waals surface area (Å²) in [6.07, 6.45) is 3.75. The molecule has 0 heterocycles. The number of rotatable bonds is 4. The van der Waals surface area contributed by atoms with Gasteiger partial charge in [0.25, 0.3) is 0 Å². The molecule has 17 heavy (non-hydrogen) atoms. The van der Waals surface area contributed by atoms with E-state index in [-0.39, 0.29) is 5.97 Å². The SMILES string of the molecule is C=C(C)[C@@H]1CC[C@@H](C)C(C(C)COC(C)=O)C1. The monoisotopic (exact) mass is 238 g/mol. The molecule has 0 amide bonds. The Balaban J connectivity index is 2.53. The number of allylic oxidation sites excluding steroid dienone is 1. The standard InChI is InChI=1S/C15H26O2/c1-10(2)14-7-6-11(3)15(8-14)12(4)9-17-13(5)16/h11-12,14-15H,1,6-9H2,2-5H3/t11-,12?,14-,15?/m1/s1. The number of ether oxygens (including phenoxy) is 1. The number of hydrogen-bond acceptors (Lipinski definition) is 2. The molecule has 0 aromatic rings. The van der Waals surface area contributed by atoms with E-state index in [1.54, 1.807) is 0 Å². The molecular weight excluding hydrogens is 212 g/mol. The predicted molar refractivity (Wildman–Crippen MR) is 70.6 cm³/mol. The second-order valence-corrected chi connectivity index (χ2v) is 5.78. The molecule has 0 aliphatic heterocycles. The fraction of sp³-hybridized carbons (Fsp3) is 0.800.